The van der Waals surface area contributed by atoms with Crippen molar-refractivity contribution < 1.29 is 14.4 Å². The molecule has 0 aliphatic carbocycles. The van der Waals surface area contributed by atoms with Crippen LogP contribution in [0, 0.1) is 5.82 Å². The van der Waals surface area contributed by atoms with Crippen molar-refractivity contribution >= 4 is 23.3 Å². The molecule has 7 heteroatoms. The van der Waals surface area contributed by atoms with Crippen molar-refractivity contribution in [2.75, 3.05) is 0 Å². The first-order chi connectivity index (χ1) is 8.45. The summed E-state index contributed by atoms with van der Waals surface area (Å²) in [4.78, 5) is 11.7. The zero-order valence-electron chi connectivity index (χ0n) is 9.65. The highest BCUT2D eigenvalue weighted by Gasteiger charge is 2.16. The van der Waals surface area contributed by atoms with Gasteiger partial charge < -0.3 is 16.3 Å². The monoisotopic (exact) mass is 273 g/mol. The number of rotatable bonds is 4. The molecule has 4 N–H and O–H groups in total. The fourth-order valence-corrected chi connectivity index (χ4v) is 1.56. The van der Waals surface area contributed by atoms with Crippen molar-refractivity contribution in [3.63, 3.8) is 0 Å². The molecule has 0 aliphatic rings. The molecule has 1 amide bonds. The number of hydrogen-bond donors (Lipinski definition) is 3. The molecule has 0 saturated heterocycles. The molecule has 0 aromatic heterocycles. The predicted molar refractivity (Wildman–Crippen MR) is 66.4 cm³/mol. The second-order valence-electron chi connectivity index (χ2n) is 3.77. The van der Waals surface area contributed by atoms with Gasteiger partial charge in [0.2, 0.25) is 0 Å². The average Bonchev–Trinajstić information content (AvgIpc) is 2.32. The van der Waals surface area contributed by atoms with Crippen molar-refractivity contribution in [1.82, 2.24) is 5.32 Å². The van der Waals surface area contributed by atoms with E-state index in [-0.39, 0.29) is 22.8 Å². The van der Waals surface area contributed by atoms with Crippen LogP contribution in [-0.2, 0) is 0 Å². The Morgan fingerprint density at radius 2 is 2.33 bits per heavy atom. The predicted octanol–water partition coefficient (Wildman–Crippen LogP) is 1.73. The molecule has 0 saturated carbocycles. The first-order valence-electron chi connectivity index (χ1n) is 5.17. The summed E-state index contributed by atoms with van der Waals surface area (Å²) >= 11 is 5.57. The van der Waals surface area contributed by atoms with Gasteiger partial charge in [0.25, 0.3) is 5.91 Å². The summed E-state index contributed by atoms with van der Waals surface area (Å²) in [6, 6.07) is 3.77. The van der Waals surface area contributed by atoms with Crippen molar-refractivity contribution in [3.05, 3.63) is 34.6 Å². The van der Waals surface area contributed by atoms with Crippen LogP contribution >= 0.6 is 11.6 Å². The summed E-state index contributed by atoms with van der Waals surface area (Å²) in [7, 11) is 0. The number of carbonyl (C=O) groups excluding carboxylic acids is 1. The second-order valence-corrected chi connectivity index (χ2v) is 4.18. The van der Waals surface area contributed by atoms with Crippen molar-refractivity contribution in [3.8, 4) is 0 Å². The van der Waals surface area contributed by atoms with E-state index >= 15 is 0 Å². The third-order valence-corrected chi connectivity index (χ3v) is 2.51. The van der Waals surface area contributed by atoms with Crippen LogP contribution in [0.5, 0.6) is 0 Å². The second kappa shape index (κ2) is 6.20. The smallest absolute Gasteiger partial charge is 0.254 e. The molecule has 1 aromatic carbocycles. The van der Waals surface area contributed by atoms with E-state index in [1.807, 2.05) is 0 Å². The Labute approximate surface area is 108 Å². The van der Waals surface area contributed by atoms with Gasteiger partial charge in [-0.1, -0.05) is 22.8 Å². The Hall–Kier alpha value is -1.82. The number of amides is 1. The van der Waals surface area contributed by atoms with Gasteiger partial charge in [-0.25, -0.2) is 4.39 Å². The molecule has 18 heavy (non-hydrogen) atoms. The van der Waals surface area contributed by atoms with Crippen LogP contribution in [0.3, 0.4) is 0 Å². The molecule has 1 unspecified atom stereocenters. The molecule has 0 aliphatic heterocycles. The van der Waals surface area contributed by atoms with Crippen LogP contribution in [0.25, 0.3) is 0 Å². The van der Waals surface area contributed by atoms with Crippen LogP contribution in [0.1, 0.15) is 23.7 Å². The van der Waals surface area contributed by atoms with Gasteiger partial charge in [0.05, 0.1) is 10.6 Å². The van der Waals surface area contributed by atoms with Crippen LogP contribution in [-0.4, -0.2) is 23.0 Å². The molecule has 0 fully saturated rings. The summed E-state index contributed by atoms with van der Waals surface area (Å²) in [5, 5.41) is 13.6. The number of amidine groups is 1. The fraction of sp³-hybridized carbons (Fsp3) is 0.273. The van der Waals surface area contributed by atoms with Gasteiger partial charge in [-0.05, 0) is 19.1 Å². The third-order valence-electron chi connectivity index (χ3n) is 2.22. The lowest BCUT2D eigenvalue weighted by atomic mass is 10.1. The highest BCUT2D eigenvalue weighted by atomic mass is 35.5. The van der Waals surface area contributed by atoms with E-state index in [0.29, 0.717) is 0 Å². The lowest BCUT2D eigenvalue weighted by Crippen LogP contribution is -2.36. The highest BCUT2D eigenvalue weighted by molar-refractivity contribution is 6.31. The SMILES string of the molecule is CC(C/C(N)=N/O)NC(=O)c1cccc(Cl)c1F. The molecule has 1 rings (SSSR count). The molecule has 0 radical (unpaired) electrons. The zero-order chi connectivity index (χ0) is 13.7. The summed E-state index contributed by atoms with van der Waals surface area (Å²) in [6.07, 6.45) is 0.157. The summed E-state index contributed by atoms with van der Waals surface area (Å²) in [6.45, 7) is 1.65. The minimum atomic E-state index is -0.771. The normalized spacial score (nSPS) is 13.2. The quantitative estimate of drug-likeness (QED) is 0.338. The standard InChI is InChI=1S/C11H13ClFN3O2/c1-6(5-9(14)16-18)15-11(17)7-3-2-4-8(12)10(7)13/h2-4,6,18H,5H2,1H3,(H2,14,16)(H,15,17). The van der Waals surface area contributed by atoms with Gasteiger partial charge in [-0.3, -0.25) is 4.79 Å². The van der Waals surface area contributed by atoms with E-state index in [2.05, 4.69) is 10.5 Å². The molecule has 0 spiro atoms. The van der Waals surface area contributed by atoms with Gasteiger partial charge in [0, 0.05) is 12.5 Å². The average molecular weight is 274 g/mol. The Morgan fingerprint density at radius 3 is 2.94 bits per heavy atom. The number of benzene rings is 1. The van der Waals surface area contributed by atoms with E-state index in [1.54, 1.807) is 6.92 Å². The van der Waals surface area contributed by atoms with Crippen molar-refractivity contribution in [2.24, 2.45) is 10.9 Å². The zero-order valence-corrected chi connectivity index (χ0v) is 10.4. The maximum Gasteiger partial charge on any atom is 0.254 e. The van der Waals surface area contributed by atoms with Gasteiger partial charge in [-0.15, -0.1) is 0 Å². The molecule has 0 heterocycles. The Kier molecular flexibility index (Phi) is 4.91. The molecule has 0 bridgehead atoms. The first kappa shape index (κ1) is 14.2. The van der Waals surface area contributed by atoms with E-state index in [1.165, 1.54) is 18.2 Å². The number of nitrogens with two attached hydrogens (primary N) is 1. The maximum atomic E-state index is 13.5. The largest absolute Gasteiger partial charge is 0.409 e. The minimum Gasteiger partial charge on any atom is -0.409 e. The molecule has 1 atom stereocenters. The number of halogens is 2. The van der Waals surface area contributed by atoms with Crippen molar-refractivity contribution in [2.45, 2.75) is 19.4 Å². The Balaban J connectivity index is 2.74. The number of hydrogen-bond acceptors (Lipinski definition) is 3. The lowest BCUT2D eigenvalue weighted by molar-refractivity contribution is 0.0937. The van der Waals surface area contributed by atoms with Crippen LogP contribution in [0.2, 0.25) is 5.02 Å². The lowest BCUT2D eigenvalue weighted by Gasteiger charge is -2.13. The van der Waals surface area contributed by atoms with Gasteiger partial charge in [0.15, 0.2) is 5.82 Å². The van der Waals surface area contributed by atoms with Crippen LogP contribution in [0.15, 0.2) is 23.4 Å². The van der Waals surface area contributed by atoms with Crippen LogP contribution in [0.4, 0.5) is 4.39 Å². The Morgan fingerprint density at radius 1 is 1.67 bits per heavy atom. The minimum absolute atomic E-state index is 0.0191. The highest BCUT2D eigenvalue weighted by Crippen LogP contribution is 2.17. The van der Waals surface area contributed by atoms with E-state index < -0.39 is 17.8 Å². The third kappa shape index (κ3) is 3.59. The molecule has 1 aromatic rings. The fourth-order valence-electron chi connectivity index (χ4n) is 1.39. The van der Waals surface area contributed by atoms with Gasteiger partial charge in [0.1, 0.15) is 5.84 Å². The molecular formula is C11H13ClFN3O2. The molecule has 98 valence electrons. The maximum absolute atomic E-state index is 13.5. The number of oxime groups is 1. The van der Waals surface area contributed by atoms with Gasteiger partial charge in [-0.2, -0.15) is 0 Å². The number of nitrogens with zero attached hydrogens (tertiary/aromatic N) is 1. The molecular weight excluding hydrogens is 261 g/mol. The first-order valence-corrected chi connectivity index (χ1v) is 5.54. The summed E-state index contributed by atoms with van der Waals surface area (Å²) in [5.74, 6) is -1.39. The number of carbonyl (C=O) groups is 1. The Bertz CT molecular complexity index is 479. The van der Waals surface area contributed by atoms with Crippen molar-refractivity contribution in [1.29, 1.82) is 0 Å². The van der Waals surface area contributed by atoms with Gasteiger partial charge >= 0.3 is 0 Å². The number of nitrogens with one attached hydrogen (secondary N) is 1. The van der Waals surface area contributed by atoms with E-state index in [4.69, 9.17) is 22.5 Å². The molecule has 5 nitrogen and oxygen atoms in total. The van der Waals surface area contributed by atoms with E-state index in [9.17, 15) is 9.18 Å². The topological polar surface area (TPSA) is 87.7 Å². The summed E-state index contributed by atoms with van der Waals surface area (Å²) < 4.78 is 13.5. The summed E-state index contributed by atoms with van der Waals surface area (Å²) in [5.41, 5.74) is 5.15. The van der Waals surface area contributed by atoms with Crippen LogP contribution < -0.4 is 11.1 Å². The van der Waals surface area contributed by atoms with E-state index in [0.717, 1.165) is 0 Å².